The molecule has 0 atom stereocenters. The van der Waals surface area contributed by atoms with Crippen LogP contribution in [0.25, 0.3) is 22.3 Å². The summed E-state index contributed by atoms with van der Waals surface area (Å²) in [6.07, 6.45) is 0.971. The molecular weight excluding hydrogens is 354 g/mol. The van der Waals surface area contributed by atoms with E-state index in [0.29, 0.717) is 0 Å². The third kappa shape index (κ3) is 3.79. The first-order chi connectivity index (χ1) is 12.8. The van der Waals surface area contributed by atoms with E-state index >= 15 is 0 Å². The van der Waals surface area contributed by atoms with Crippen LogP contribution >= 0.6 is 0 Å². The summed E-state index contributed by atoms with van der Waals surface area (Å²) in [6, 6.07) is 24.6. The van der Waals surface area contributed by atoms with Gasteiger partial charge in [-0.3, -0.25) is 0 Å². The first-order valence-corrected chi connectivity index (χ1v) is 8.94. The molecule has 4 heteroatoms. The Hall–Kier alpha value is -2.91. The first kappa shape index (κ1) is 18.9. The highest BCUT2D eigenvalue weighted by Gasteiger charge is 2.12. The number of hydrogen-bond acceptors (Lipinski definition) is 3. The maximum Gasteiger partial charge on any atom is 0.162 e. The van der Waals surface area contributed by atoms with Crippen LogP contribution in [0, 0.1) is 6.92 Å². The fourth-order valence-electron chi connectivity index (χ4n) is 3.21. The first-order valence-electron chi connectivity index (χ1n) is 8.94. The van der Waals surface area contributed by atoms with Gasteiger partial charge in [0.25, 0.3) is 0 Å². The minimum atomic E-state index is 0. The molecule has 0 aliphatic heterocycles. The summed E-state index contributed by atoms with van der Waals surface area (Å²) >= 11 is 0. The van der Waals surface area contributed by atoms with E-state index in [1.165, 1.54) is 11.1 Å². The van der Waals surface area contributed by atoms with Crippen molar-refractivity contribution in [2.75, 3.05) is 5.32 Å². The zero-order valence-electron chi connectivity index (χ0n) is 15.4. The topological polar surface area (TPSA) is 37.8 Å². The van der Waals surface area contributed by atoms with Crippen LogP contribution < -0.4 is 17.7 Å². The van der Waals surface area contributed by atoms with E-state index in [4.69, 9.17) is 9.97 Å². The lowest BCUT2D eigenvalue weighted by Crippen LogP contribution is -3.00. The van der Waals surface area contributed by atoms with Crippen LogP contribution in [-0.4, -0.2) is 9.97 Å². The zero-order chi connectivity index (χ0) is 17.9. The molecule has 1 heterocycles. The number of benzene rings is 3. The summed E-state index contributed by atoms with van der Waals surface area (Å²) in [6.45, 7) is 4.30. The van der Waals surface area contributed by atoms with Crippen molar-refractivity contribution in [2.24, 2.45) is 0 Å². The molecule has 1 N–H and O–H groups in total. The van der Waals surface area contributed by atoms with Crippen LogP contribution in [0.4, 0.5) is 11.5 Å². The highest BCUT2D eigenvalue weighted by molar-refractivity contribution is 5.92. The van der Waals surface area contributed by atoms with Crippen molar-refractivity contribution in [3.8, 4) is 11.4 Å². The number of rotatable bonds is 4. The van der Waals surface area contributed by atoms with Gasteiger partial charge in [-0.2, -0.15) is 0 Å². The molecule has 4 aromatic rings. The maximum atomic E-state index is 4.86. The van der Waals surface area contributed by atoms with Gasteiger partial charge in [-0.15, -0.1) is 0 Å². The standard InChI is InChI=1S/C23H21N3.ClH/c1-3-17-13-9-10-16(2)21(17)25-23-19-14-7-8-15-20(19)24-22(26-23)18-11-5-4-6-12-18;/h4-15H,3H2,1-2H3,(H,24,25,26);1H/p-1. The lowest BCUT2D eigenvalue weighted by molar-refractivity contribution is -0.00000533. The number of nitrogens with zero attached hydrogens (tertiary/aromatic N) is 2. The third-order valence-electron chi connectivity index (χ3n) is 4.62. The molecule has 0 radical (unpaired) electrons. The monoisotopic (exact) mass is 374 g/mol. The molecule has 27 heavy (non-hydrogen) atoms. The SMILES string of the molecule is CCc1cccc(C)c1Nc1nc(-c2ccccc2)nc2ccccc12.[Cl-]. The molecule has 0 fully saturated rings. The van der Waals surface area contributed by atoms with Gasteiger partial charge in [0.05, 0.1) is 5.52 Å². The summed E-state index contributed by atoms with van der Waals surface area (Å²) in [5.74, 6) is 1.58. The van der Waals surface area contributed by atoms with Gasteiger partial charge in [0.1, 0.15) is 5.82 Å². The Morgan fingerprint density at radius 2 is 1.56 bits per heavy atom. The number of aromatic nitrogens is 2. The van der Waals surface area contributed by atoms with Gasteiger partial charge in [-0.25, -0.2) is 9.97 Å². The molecule has 4 rings (SSSR count). The van der Waals surface area contributed by atoms with Gasteiger partial charge in [-0.1, -0.05) is 67.6 Å². The van der Waals surface area contributed by atoms with E-state index in [1.54, 1.807) is 0 Å². The van der Waals surface area contributed by atoms with Crippen LogP contribution in [0.3, 0.4) is 0 Å². The molecule has 1 aromatic heterocycles. The van der Waals surface area contributed by atoms with Crippen molar-refractivity contribution in [2.45, 2.75) is 20.3 Å². The number of anilines is 2. The molecule has 0 amide bonds. The van der Waals surface area contributed by atoms with Crippen LogP contribution in [0.1, 0.15) is 18.1 Å². The summed E-state index contributed by atoms with van der Waals surface area (Å²) in [7, 11) is 0. The molecule has 0 saturated heterocycles. The van der Waals surface area contributed by atoms with E-state index in [2.05, 4.69) is 43.4 Å². The quantitative estimate of drug-likeness (QED) is 0.597. The lowest BCUT2D eigenvalue weighted by Gasteiger charge is -2.16. The lowest BCUT2D eigenvalue weighted by atomic mass is 10.1. The number of hydrogen-bond donors (Lipinski definition) is 1. The van der Waals surface area contributed by atoms with Gasteiger partial charge in [0, 0.05) is 16.6 Å². The molecule has 0 spiro atoms. The number of nitrogens with one attached hydrogen (secondary N) is 1. The Kier molecular flexibility index (Phi) is 5.72. The van der Waals surface area contributed by atoms with Crippen molar-refractivity contribution >= 4 is 22.4 Å². The van der Waals surface area contributed by atoms with E-state index in [-0.39, 0.29) is 12.4 Å². The highest BCUT2D eigenvalue weighted by Crippen LogP contribution is 2.30. The van der Waals surface area contributed by atoms with E-state index < -0.39 is 0 Å². The Morgan fingerprint density at radius 3 is 2.33 bits per heavy atom. The molecule has 0 bridgehead atoms. The van der Waals surface area contributed by atoms with E-state index in [9.17, 15) is 0 Å². The Morgan fingerprint density at radius 1 is 0.815 bits per heavy atom. The van der Waals surface area contributed by atoms with Crippen molar-refractivity contribution in [3.63, 3.8) is 0 Å². The van der Waals surface area contributed by atoms with Crippen molar-refractivity contribution in [1.29, 1.82) is 0 Å². The minimum absolute atomic E-state index is 0. The second kappa shape index (κ2) is 8.19. The number of fused-ring (bicyclic) bond motifs is 1. The van der Waals surface area contributed by atoms with Gasteiger partial charge in [0.2, 0.25) is 0 Å². The van der Waals surface area contributed by atoms with Gasteiger partial charge in [-0.05, 0) is 36.6 Å². The van der Waals surface area contributed by atoms with Gasteiger partial charge < -0.3 is 17.7 Å². The van der Waals surface area contributed by atoms with Gasteiger partial charge >= 0.3 is 0 Å². The minimum Gasteiger partial charge on any atom is -1.00 e. The van der Waals surface area contributed by atoms with Crippen LogP contribution in [0.2, 0.25) is 0 Å². The van der Waals surface area contributed by atoms with Crippen LogP contribution in [0.15, 0.2) is 72.8 Å². The van der Waals surface area contributed by atoms with E-state index in [0.717, 1.165) is 40.2 Å². The van der Waals surface area contributed by atoms with Crippen molar-refractivity contribution in [3.05, 3.63) is 83.9 Å². The molecule has 3 nitrogen and oxygen atoms in total. The molecule has 0 unspecified atom stereocenters. The predicted molar refractivity (Wildman–Crippen MR) is 109 cm³/mol. The molecule has 3 aromatic carbocycles. The van der Waals surface area contributed by atoms with Crippen molar-refractivity contribution < 1.29 is 12.4 Å². The predicted octanol–water partition coefficient (Wildman–Crippen LogP) is 2.92. The summed E-state index contributed by atoms with van der Waals surface area (Å²) in [5.41, 5.74) is 5.59. The molecule has 0 aliphatic rings. The summed E-state index contributed by atoms with van der Waals surface area (Å²) in [5, 5.41) is 4.62. The zero-order valence-corrected chi connectivity index (χ0v) is 16.2. The third-order valence-corrected chi connectivity index (χ3v) is 4.62. The maximum absolute atomic E-state index is 4.86. The molecule has 0 saturated carbocycles. The van der Waals surface area contributed by atoms with Crippen LogP contribution in [0.5, 0.6) is 0 Å². The largest absolute Gasteiger partial charge is 1.00 e. The fraction of sp³-hybridized carbons (Fsp3) is 0.130. The average Bonchev–Trinajstić information content (AvgIpc) is 2.70. The summed E-state index contributed by atoms with van der Waals surface area (Å²) < 4.78 is 0. The second-order valence-corrected chi connectivity index (χ2v) is 6.37. The fourth-order valence-corrected chi connectivity index (χ4v) is 3.21. The van der Waals surface area contributed by atoms with E-state index in [1.807, 2.05) is 48.5 Å². The molecule has 136 valence electrons. The Bertz CT molecular complexity index is 1060. The number of aryl methyl sites for hydroxylation is 2. The number of halogens is 1. The van der Waals surface area contributed by atoms with Crippen molar-refractivity contribution in [1.82, 2.24) is 9.97 Å². The van der Waals surface area contributed by atoms with Gasteiger partial charge in [0.15, 0.2) is 5.82 Å². The smallest absolute Gasteiger partial charge is 0.162 e. The molecular formula is C23H21ClN3-. The molecule has 0 aliphatic carbocycles. The Labute approximate surface area is 165 Å². The summed E-state index contributed by atoms with van der Waals surface area (Å²) in [4.78, 5) is 9.62. The highest BCUT2D eigenvalue weighted by atomic mass is 35.5. The normalized spacial score (nSPS) is 10.4. The number of para-hydroxylation sites is 2. The van der Waals surface area contributed by atoms with Crippen LogP contribution in [-0.2, 0) is 6.42 Å². The second-order valence-electron chi connectivity index (χ2n) is 6.37. The average molecular weight is 375 g/mol. The Balaban J connectivity index is 0.00000210.